The van der Waals surface area contributed by atoms with Crippen molar-refractivity contribution < 1.29 is 0 Å². The third kappa shape index (κ3) is 5.34. The van der Waals surface area contributed by atoms with Gasteiger partial charge < -0.3 is 5.32 Å². The van der Waals surface area contributed by atoms with Gasteiger partial charge in [0.2, 0.25) is 0 Å². The fourth-order valence-corrected chi connectivity index (χ4v) is 3.08. The van der Waals surface area contributed by atoms with Crippen molar-refractivity contribution in [2.45, 2.75) is 84.1 Å². The third-order valence-electron chi connectivity index (χ3n) is 4.05. The minimum atomic E-state index is 0.808. The van der Waals surface area contributed by atoms with Crippen molar-refractivity contribution in [1.29, 1.82) is 0 Å². The highest BCUT2D eigenvalue weighted by atomic mass is 14.9. The molecule has 0 aromatic carbocycles. The van der Waals surface area contributed by atoms with Crippen LogP contribution in [0.5, 0.6) is 0 Å². The monoisotopic (exact) mass is 225 g/mol. The topological polar surface area (TPSA) is 12.0 Å². The fourth-order valence-electron chi connectivity index (χ4n) is 3.08. The molecule has 0 bridgehead atoms. The predicted octanol–water partition coefficient (Wildman–Crippen LogP) is 4.52. The van der Waals surface area contributed by atoms with Crippen molar-refractivity contribution in [3.8, 4) is 0 Å². The van der Waals surface area contributed by atoms with Crippen LogP contribution >= 0.6 is 0 Å². The van der Waals surface area contributed by atoms with Crippen molar-refractivity contribution in [3.05, 3.63) is 0 Å². The summed E-state index contributed by atoms with van der Waals surface area (Å²) in [6, 6.07) is 0.808. The Morgan fingerprint density at radius 2 is 1.62 bits per heavy atom. The molecule has 0 aromatic rings. The molecule has 0 aromatic heterocycles. The second-order valence-electron chi connectivity index (χ2n) is 5.41. The van der Waals surface area contributed by atoms with Gasteiger partial charge in [-0.15, -0.1) is 0 Å². The predicted molar refractivity (Wildman–Crippen MR) is 72.8 cm³/mol. The van der Waals surface area contributed by atoms with Gasteiger partial charge in [-0.05, 0) is 31.7 Å². The molecule has 0 amide bonds. The summed E-state index contributed by atoms with van der Waals surface area (Å²) in [6.45, 7) is 5.70. The maximum Gasteiger partial charge on any atom is 0.00952 e. The largest absolute Gasteiger partial charge is 0.314 e. The molecule has 1 unspecified atom stereocenters. The summed E-state index contributed by atoms with van der Waals surface area (Å²) in [5, 5.41) is 3.74. The first-order valence-electron chi connectivity index (χ1n) is 7.61. The van der Waals surface area contributed by atoms with E-state index >= 15 is 0 Å². The van der Waals surface area contributed by atoms with Gasteiger partial charge in [0.05, 0.1) is 0 Å². The Morgan fingerprint density at radius 3 is 2.19 bits per heavy atom. The summed E-state index contributed by atoms with van der Waals surface area (Å²) in [7, 11) is 0. The summed E-state index contributed by atoms with van der Waals surface area (Å²) in [6.07, 6.45) is 14.5. The van der Waals surface area contributed by atoms with Crippen LogP contribution in [-0.4, -0.2) is 12.6 Å². The standard InChI is InChI=1S/C15H31N/c1-3-5-13-15(16-4-2)14-11-9-7-6-8-10-12-14/h14-16H,3-13H2,1-2H3. The van der Waals surface area contributed by atoms with E-state index in [-0.39, 0.29) is 0 Å². The summed E-state index contributed by atoms with van der Waals surface area (Å²) in [5.41, 5.74) is 0. The molecule has 0 saturated heterocycles. The van der Waals surface area contributed by atoms with Gasteiger partial charge in [-0.2, -0.15) is 0 Å². The zero-order chi connectivity index (χ0) is 11.6. The van der Waals surface area contributed by atoms with E-state index in [1.54, 1.807) is 0 Å². The summed E-state index contributed by atoms with van der Waals surface area (Å²) in [5.74, 6) is 0.965. The molecule has 1 N–H and O–H groups in total. The smallest absolute Gasteiger partial charge is 0.00952 e. The Kier molecular flexibility index (Phi) is 7.92. The highest BCUT2D eigenvalue weighted by molar-refractivity contribution is 4.77. The van der Waals surface area contributed by atoms with Crippen molar-refractivity contribution in [3.63, 3.8) is 0 Å². The van der Waals surface area contributed by atoms with E-state index in [9.17, 15) is 0 Å². The van der Waals surface area contributed by atoms with E-state index in [1.807, 2.05) is 0 Å². The van der Waals surface area contributed by atoms with Gasteiger partial charge in [0.15, 0.2) is 0 Å². The minimum absolute atomic E-state index is 0.808. The molecule has 1 fully saturated rings. The molecule has 96 valence electrons. The second kappa shape index (κ2) is 9.04. The first kappa shape index (κ1) is 14.0. The van der Waals surface area contributed by atoms with Crippen molar-refractivity contribution >= 4 is 0 Å². The Morgan fingerprint density at radius 1 is 1.00 bits per heavy atom. The summed E-state index contributed by atoms with van der Waals surface area (Å²) < 4.78 is 0. The number of rotatable bonds is 6. The SMILES string of the molecule is CCCCC(NCC)C1CCCCCCC1. The first-order chi connectivity index (χ1) is 7.88. The average molecular weight is 225 g/mol. The number of nitrogens with one attached hydrogen (secondary N) is 1. The third-order valence-corrected chi connectivity index (χ3v) is 4.05. The lowest BCUT2D eigenvalue weighted by Crippen LogP contribution is -2.36. The fraction of sp³-hybridized carbons (Fsp3) is 1.00. The van der Waals surface area contributed by atoms with Gasteiger partial charge in [-0.1, -0.05) is 58.8 Å². The molecule has 1 rings (SSSR count). The van der Waals surface area contributed by atoms with Crippen molar-refractivity contribution in [1.82, 2.24) is 5.32 Å². The van der Waals surface area contributed by atoms with Crippen LogP contribution in [-0.2, 0) is 0 Å². The van der Waals surface area contributed by atoms with Crippen LogP contribution in [0.15, 0.2) is 0 Å². The van der Waals surface area contributed by atoms with Gasteiger partial charge >= 0.3 is 0 Å². The molecule has 1 heteroatoms. The lowest BCUT2D eigenvalue weighted by atomic mass is 9.84. The molecular weight excluding hydrogens is 194 g/mol. The molecular formula is C15H31N. The van der Waals surface area contributed by atoms with Crippen LogP contribution in [0, 0.1) is 5.92 Å². The minimum Gasteiger partial charge on any atom is -0.314 e. The molecule has 0 spiro atoms. The van der Waals surface area contributed by atoms with E-state index in [4.69, 9.17) is 0 Å². The van der Waals surface area contributed by atoms with E-state index in [0.29, 0.717) is 0 Å². The number of unbranched alkanes of at least 4 members (excludes halogenated alkanes) is 1. The molecule has 16 heavy (non-hydrogen) atoms. The van der Waals surface area contributed by atoms with E-state index in [1.165, 1.54) is 64.2 Å². The summed E-state index contributed by atoms with van der Waals surface area (Å²) in [4.78, 5) is 0. The highest BCUT2D eigenvalue weighted by Gasteiger charge is 2.20. The van der Waals surface area contributed by atoms with Crippen LogP contribution in [0.1, 0.15) is 78.1 Å². The van der Waals surface area contributed by atoms with Crippen LogP contribution in [0.25, 0.3) is 0 Å². The van der Waals surface area contributed by atoms with E-state index in [0.717, 1.165) is 18.5 Å². The molecule has 1 aliphatic carbocycles. The van der Waals surface area contributed by atoms with Crippen LogP contribution in [0.2, 0.25) is 0 Å². The van der Waals surface area contributed by atoms with Crippen LogP contribution < -0.4 is 5.32 Å². The second-order valence-corrected chi connectivity index (χ2v) is 5.41. The Labute approximate surface area is 102 Å². The lowest BCUT2D eigenvalue weighted by Gasteiger charge is -2.29. The van der Waals surface area contributed by atoms with Crippen LogP contribution in [0.3, 0.4) is 0 Å². The van der Waals surface area contributed by atoms with Crippen LogP contribution in [0.4, 0.5) is 0 Å². The quantitative estimate of drug-likeness (QED) is 0.701. The van der Waals surface area contributed by atoms with Gasteiger partial charge in [0, 0.05) is 6.04 Å². The molecule has 0 aliphatic heterocycles. The maximum absolute atomic E-state index is 3.74. The normalized spacial score (nSPS) is 21.4. The van der Waals surface area contributed by atoms with E-state index < -0.39 is 0 Å². The van der Waals surface area contributed by atoms with Gasteiger partial charge in [0.25, 0.3) is 0 Å². The Balaban J connectivity index is 2.38. The molecule has 0 heterocycles. The zero-order valence-electron chi connectivity index (χ0n) is 11.4. The van der Waals surface area contributed by atoms with Gasteiger partial charge in [0.1, 0.15) is 0 Å². The molecule has 1 aliphatic rings. The van der Waals surface area contributed by atoms with Gasteiger partial charge in [-0.3, -0.25) is 0 Å². The number of hydrogen-bond acceptors (Lipinski definition) is 1. The summed E-state index contributed by atoms with van der Waals surface area (Å²) >= 11 is 0. The molecule has 1 nitrogen and oxygen atoms in total. The molecule has 1 atom stereocenters. The van der Waals surface area contributed by atoms with Crippen molar-refractivity contribution in [2.24, 2.45) is 5.92 Å². The zero-order valence-corrected chi connectivity index (χ0v) is 11.4. The highest BCUT2D eigenvalue weighted by Crippen LogP contribution is 2.27. The molecule has 0 radical (unpaired) electrons. The Hall–Kier alpha value is -0.0400. The number of hydrogen-bond donors (Lipinski definition) is 1. The molecule has 1 saturated carbocycles. The van der Waals surface area contributed by atoms with Gasteiger partial charge in [-0.25, -0.2) is 0 Å². The average Bonchev–Trinajstić information content (AvgIpc) is 2.24. The Bertz CT molecular complexity index is 145. The maximum atomic E-state index is 3.74. The van der Waals surface area contributed by atoms with Crippen molar-refractivity contribution in [2.75, 3.05) is 6.54 Å². The lowest BCUT2D eigenvalue weighted by molar-refractivity contribution is 0.272. The first-order valence-corrected chi connectivity index (χ1v) is 7.61. The van der Waals surface area contributed by atoms with E-state index in [2.05, 4.69) is 19.2 Å².